The van der Waals surface area contributed by atoms with Crippen LogP contribution in [-0.2, 0) is 6.42 Å². The number of hydrogen-bond donors (Lipinski definition) is 4. The SMILES string of the molecule is Nc1nc2ncc(CCC(O)O)nc2c(=O)[nH]1. The highest BCUT2D eigenvalue weighted by atomic mass is 16.5. The van der Waals surface area contributed by atoms with Crippen LogP contribution in [0.3, 0.4) is 0 Å². The molecule has 0 spiro atoms. The maximum Gasteiger partial charge on any atom is 0.280 e. The normalized spacial score (nSPS) is 11.2. The number of anilines is 1. The van der Waals surface area contributed by atoms with Gasteiger partial charge in [0.25, 0.3) is 5.56 Å². The van der Waals surface area contributed by atoms with Crippen molar-refractivity contribution >= 4 is 17.1 Å². The Morgan fingerprint density at radius 1 is 1.41 bits per heavy atom. The largest absolute Gasteiger partial charge is 0.369 e. The molecule has 0 bridgehead atoms. The molecule has 8 heteroatoms. The number of aromatic nitrogens is 4. The van der Waals surface area contributed by atoms with E-state index in [4.69, 9.17) is 15.9 Å². The molecule has 2 aromatic rings. The lowest BCUT2D eigenvalue weighted by Gasteiger charge is -2.03. The predicted molar refractivity (Wildman–Crippen MR) is 58.9 cm³/mol. The zero-order valence-corrected chi connectivity index (χ0v) is 8.79. The summed E-state index contributed by atoms with van der Waals surface area (Å²) in [5.41, 5.74) is 5.64. The van der Waals surface area contributed by atoms with E-state index in [1.807, 2.05) is 0 Å². The number of nitrogen functional groups attached to an aromatic ring is 1. The Balaban J connectivity index is 2.40. The second kappa shape index (κ2) is 4.44. The predicted octanol–water partition coefficient (Wildman–Crippen LogP) is -1.46. The van der Waals surface area contributed by atoms with Crippen LogP contribution in [0.1, 0.15) is 12.1 Å². The molecule has 0 saturated heterocycles. The zero-order chi connectivity index (χ0) is 12.4. The quantitative estimate of drug-likeness (QED) is 0.478. The van der Waals surface area contributed by atoms with Gasteiger partial charge in [-0.2, -0.15) is 4.98 Å². The number of rotatable bonds is 3. The molecule has 0 aromatic carbocycles. The average Bonchev–Trinajstić information content (AvgIpc) is 2.26. The number of aliphatic hydroxyl groups is 2. The number of aryl methyl sites for hydroxylation is 1. The van der Waals surface area contributed by atoms with Crippen molar-refractivity contribution in [3.63, 3.8) is 0 Å². The highest BCUT2D eigenvalue weighted by Gasteiger charge is 2.07. The first-order chi connectivity index (χ1) is 8.06. The third kappa shape index (κ3) is 2.55. The number of fused-ring (bicyclic) bond motifs is 1. The average molecular weight is 237 g/mol. The van der Waals surface area contributed by atoms with E-state index in [1.54, 1.807) is 0 Å². The highest BCUT2D eigenvalue weighted by molar-refractivity contribution is 5.69. The van der Waals surface area contributed by atoms with Gasteiger partial charge in [-0.15, -0.1) is 0 Å². The van der Waals surface area contributed by atoms with Crippen molar-refractivity contribution in [2.24, 2.45) is 0 Å². The summed E-state index contributed by atoms with van der Waals surface area (Å²) in [7, 11) is 0. The van der Waals surface area contributed by atoms with Gasteiger partial charge in [0.15, 0.2) is 17.5 Å². The minimum absolute atomic E-state index is 0.0182. The Bertz CT molecular complexity index is 595. The summed E-state index contributed by atoms with van der Waals surface area (Å²) >= 11 is 0. The van der Waals surface area contributed by atoms with Crippen molar-refractivity contribution < 1.29 is 10.2 Å². The van der Waals surface area contributed by atoms with Crippen molar-refractivity contribution in [2.75, 3.05) is 5.73 Å². The molecule has 2 aromatic heterocycles. The number of nitrogens with zero attached hydrogens (tertiary/aromatic N) is 3. The number of nitrogens with one attached hydrogen (secondary N) is 1. The van der Waals surface area contributed by atoms with Gasteiger partial charge in [0, 0.05) is 6.42 Å². The van der Waals surface area contributed by atoms with E-state index in [0.29, 0.717) is 12.1 Å². The highest BCUT2D eigenvalue weighted by Crippen LogP contribution is 2.05. The van der Waals surface area contributed by atoms with Crippen LogP contribution in [0.15, 0.2) is 11.0 Å². The van der Waals surface area contributed by atoms with E-state index in [2.05, 4.69) is 19.9 Å². The third-order valence-corrected chi connectivity index (χ3v) is 2.14. The van der Waals surface area contributed by atoms with Gasteiger partial charge in [-0.25, -0.2) is 9.97 Å². The van der Waals surface area contributed by atoms with Crippen molar-refractivity contribution in [1.82, 2.24) is 19.9 Å². The molecule has 0 unspecified atom stereocenters. The van der Waals surface area contributed by atoms with Gasteiger partial charge in [-0.3, -0.25) is 9.78 Å². The smallest absolute Gasteiger partial charge is 0.280 e. The molecular weight excluding hydrogens is 226 g/mol. The molecule has 0 fully saturated rings. The number of nitrogens with two attached hydrogens (primary N) is 1. The van der Waals surface area contributed by atoms with Gasteiger partial charge in [-0.1, -0.05) is 0 Å². The Morgan fingerprint density at radius 3 is 2.88 bits per heavy atom. The van der Waals surface area contributed by atoms with E-state index >= 15 is 0 Å². The molecule has 8 nitrogen and oxygen atoms in total. The van der Waals surface area contributed by atoms with Gasteiger partial charge in [-0.05, 0) is 6.42 Å². The molecule has 0 aliphatic rings. The molecule has 2 heterocycles. The summed E-state index contributed by atoms with van der Waals surface area (Å²) in [6.07, 6.45) is 0.456. The van der Waals surface area contributed by atoms with E-state index in [9.17, 15) is 4.79 Å². The van der Waals surface area contributed by atoms with Gasteiger partial charge >= 0.3 is 0 Å². The second-order valence-corrected chi connectivity index (χ2v) is 3.50. The van der Waals surface area contributed by atoms with Crippen LogP contribution in [0.2, 0.25) is 0 Å². The first-order valence-electron chi connectivity index (χ1n) is 4.94. The zero-order valence-electron chi connectivity index (χ0n) is 8.79. The maximum absolute atomic E-state index is 11.5. The number of hydrogen-bond acceptors (Lipinski definition) is 7. The molecular formula is C9H11N5O3. The summed E-state index contributed by atoms with van der Waals surface area (Å²) in [6.45, 7) is 0. The van der Waals surface area contributed by atoms with Crippen LogP contribution >= 0.6 is 0 Å². The molecule has 0 amide bonds. The number of H-pyrrole nitrogens is 1. The van der Waals surface area contributed by atoms with Crippen LogP contribution in [0.25, 0.3) is 11.2 Å². The molecule has 2 rings (SSSR count). The fourth-order valence-electron chi connectivity index (χ4n) is 1.37. The lowest BCUT2D eigenvalue weighted by molar-refractivity contribution is -0.0448. The first-order valence-corrected chi connectivity index (χ1v) is 4.94. The molecule has 0 aliphatic carbocycles. The Morgan fingerprint density at radius 2 is 2.18 bits per heavy atom. The second-order valence-electron chi connectivity index (χ2n) is 3.50. The van der Waals surface area contributed by atoms with Crippen molar-refractivity contribution in [3.05, 3.63) is 22.2 Å². The summed E-state index contributed by atoms with van der Waals surface area (Å²) in [5.74, 6) is -0.0182. The Kier molecular flexibility index (Phi) is 2.98. The molecule has 5 N–H and O–H groups in total. The molecule has 0 atom stereocenters. The van der Waals surface area contributed by atoms with Gasteiger partial charge in [0.1, 0.15) is 0 Å². The van der Waals surface area contributed by atoms with Crippen LogP contribution in [0, 0.1) is 0 Å². The van der Waals surface area contributed by atoms with Crippen molar-refractivity contribution in [3.8, 4) is 0 Å². The molecule has 0 radical (unpaired) electrons. The fourth-order valence-corrected chi connectivity index (χ4v) is 1.37. The molecule has 0 aliphatic heterocycles. The lowest BCUT2D eigenvalue weighted by Crippen LogP contribution is -2.14. The fraction of sp³-hybridized carbons (Fsp3) is 0.333. The van der Waals surface area contributed by atoms with Gasteiger partial charge in [0.2, 0.25) is 5.95 Å². The lowest BCUT2D eigenvalue weighted by atomic mass is 10.2. The van der Waals surface area contributed by atoms with Crippen molar-refractivity contribution in [2.45, 2.75) is 19.1 Å². The Labute approximate surface area is 95.2 Å². The summed E-state index contributed by atoms with van der Waals surface area (Å²) in [6, 6.07) is 0. The summed E-state index contributed by atoms with van der Waals surface area (Å²) in [4.78, 5) is 25.6. The summed E-state index contributed by atoms with van der Waals surface area (Å²) in [5, 5.41) is 17.5. The third-order valence-electron chi connectivity index (χ3n) is 2.14. The molecule has 17 heavy (non-hydrogen) atoms. The first kappa shape index (κ1) is 11.4. The van der Waals surface area contributed by atoms with E-state index in [-0.39, 0.29) is 23.5 Å². The standard InChI is InChI=1S/C9H11N5O3/c10-9-13-7-6(8(17)14-9)12-4(3-11-7)1-2-5(15)16/h3,5,15-16H,1-2H2,(H3,10,11,13,14,17). The number of aromatic amines is 1. The van der Waals surface area contributed by atoms with Crippen molar-refractivity contribution in [1.29, 1.82) is 0 Å². The topological polar surface area (TPSA) is 138 Å². The molecule has 90 valence electrons. The van der Waals surface area contributed by atoms with Crippen LogP contribution in [-0.4, -0.2) is 36.4 Å². The van der Waals surface area contributed by atoms with Crippen LogP contribution < -0.4 is 11.3 Å². The Hall–Kier alpha value is -2.06. The van der Waals surface area contributed by atoms with Crippen LogP contribution in [0.4, 0.5) is 5.95 Å². The van der Waals surface area contributed by atoms with Crippen LogP contribution in [0.5, 0.6) is 0 Å². The monoisotopic (exact) mass is 237 g/mol. The van der Waals surface area contributed by atoms with Gasteiger partial charge < -0.3 is 15.9 Å². The molecule has 0 saturated carbocycles. The summed E-state index contributed by atoms with van der Waals surface area (Å²) < 4.78 is 0. The van der Waals surface area contributed by atoms with E-state index in [0.717, 1.165) is 0 Å². The maximum atomic E-state index is 11.5. The van der Waals surface area contributed by atoms with E-state index < -0.39 is 11.8 Å². The minimum atomic E-state index is -1.41. The minimum Gasteiger partial charge on any atom is -0.369 e. The van der Waals surface area contributed by atoms with E-state index in [1.165, 1.54) is 6.20 Å². The van der Waals surface area contributed by atoms with Gasteiger partial charge in [0.05, 0.1) is 11.9 Å². The number of aliphatic hydroxyl groups excluding tert-OH is 1.